The van der Waals surface area contributed by atoms with Crippen LogP contribution in [0.15, 0.2) is 53.3 Å². The van der Waals surface area contributed by atoms with Crippen molar-refractivity contribution in [1.82, 2.24) is 4.98 Å². The molecule has 0 atom stereocenters. The van der Waals surface area contributed by atoms with E-state index in [4.69, 9.17) is 4.74 Å². The molecule has 0 spiro atoms. The molecule has 1 aromatic heterocycles. The Morgan fingerprint density at radius 1 is 1.24 bits per heavy atom. The molecular weight excluding hydrogens is 282 g/mol. The molecule has 2 aromatic rings. The summed E-state index contributed by atoms with van der Waals surface area (Å²) in [6, 6.07) is 11.2. The number of halogens is 1. The van der Waals surface area contributed by atoms with Crippen LogP contribution in [0.25, 0.3) is 0 Å². The minimum absolute atomic E-state index is 0.270. The summed E-state index contributed by atoms with van der Waals surface area (Å²) in [6.07, 6.45) is 3.10. The summed E-state index contributed by atoms with van der Waals surface area (Å²) in [6.45, 7) is 0.270. The van der Waals surface area contributed by atoms with Gasteiger partial charge in [-0.15, -0.1) is 0 Å². The summed E-state index contributed by atoms with van der Waals surface area (Å²) in [4.78, 5) is 15.6. The van der Waals surface area contributed by atoms with Crippen molar-refractivity contribution in [1.29, 1.82) is 0 Å². The van der Waals surface area contributed by atoms with Crippen LogP contribution in [0.2, 0.25) is 0 Å². The lowest BCUT2D eigenvalue weighted by atomic mass is 10.2. The highest BCUT2D eigenvalue weighted by Crippen LogP contribution is 2.11. The van der Waals surface area contributed by atoms with Crippen LogP contribution < -0.4 is 0 Å². The van der Waals surface area contributed by atoms with Gasteiger partial charge in [0.2, 0.25) is 0 Å². The van der Waals surface area contributed by atoms with E-state index in [1.165, 1.54) is 6.20 Å². The Balaban J connectivity index is 1.98. The molecule has 1 heterocycles. The van der Waals surface area contributed by atoms with Crippen molar-refractivity contribution in [2.45, 2.75) is 6.61 Å². The summed E-state index contributed by atoms with van der Waals surface area (Å²) in [7, 11) is 0. The smallest absolute Gasteiger partial charge is 0.340 e. The van der Waals surface area contributed by atoms with E-state index in [1.807, 2.05) is 30.3 Å². The van der Waals surface area contributed by atoms with Gasteiger partial charge in [-0.1, -0.05) is 30.3 Å². The van der Waals surface area contributed by atoms with Crippen LogP contribution in [0.3, 0.4) is 0 Å². The molecule has 0 aliphatic heterocycles. The van der Waals surface area contributed by atoms with E-state index in [1.54, 1.807) is 12.3 Å². The van der Waals surface area contributed by atoms with Crippen LogP contribution in [0, 0.1) is 0 Å². The van der Waals surface area contributed by atoms with E-state index in [2.05, 4.69) is 20.9 Å². The normalized spacial score (nSPS) is 9.94. The number of carbonyl (C=O) groups is 1. The first-order chi connectivity index (χ1) is 8.25. The maximum atomic E-state index is 11.7. The molecule has 0 fully saturated rings. The molecule has 0 aliphatic carbocycles. The molecule has 2 rings (SSSR count). The molecule has 0 saturated heterocycles. The highest BCUT2D eigenvalue weighted by Gasteiger charge is 2.07. The standard InChI is InChI=1S/C13H10BrNO2/c14-12-6-11(7-15-8-12)13(16)17-9-10-4-2-1-3-5-10/h1-8H,9H2. The molecule has 0 unspecified atom stereocenters. The summed E-state index contributed by atoms with van der Waals surface area (Å²) < 4.78 is 5.93. The highest BCUT2D eigenvalue weighted by molar-refractivity contribution is 9.10. The Kier molecular flexibility index (Phi) is 3.88. The van der Waals surface area contributed by atoms with Crippen molar-refractivity contribution in [2.24, 2.45) is 0 Å². The van der Waals surface area contributed by atoms with Crippen molar-refractivity contribution in [3.63, 3.8) is 0 Å². The fourth-order valence-electron chi connectivity index (χ4n) is 1.33. The van der Waals surface area contributed by atoms with Gasteiger partial charge >= 0.3 is 5.97 Å². The largest absolute Gasteiger partial charge is 0.457 e. The molecule has 0 aliphatic rings. The second kappa shape index (κ2) is 5.59. The molecule has 3 nitrogen and oxygen atoms in total. The molecule has 0 bridgehead atoms. The van der Waals surface area contributed by atoms with E-state index in [0.717, 1.165) is 10.0 Å². The molecule has 86 valence electrons. The number of nitrogens with zero attached hydrogens (tertiary/aromatic N) is 1. The van der Waals surface area contributed by atoms with Crippen LogP contribution in [0.1, 0.15) is 15.9 Å². The van der Waals surface area contributed by atoms with Gasteiger partial charge in [0.15, 0.2) is 0 Å². The Bertz CT molecular complexity index is 514. The fourth-order valence-corrected chi connectivity index (χ4v) is 1.69. The number of ether oxygens (including phenoxy) is 1. The molecule has 4 heteroatoms. The summed E-state index contributed by atoms with van der Waals surface area (Å²) in [5, 5.41) is 0. The third-order valence-corrected chi connectivity index (χ3v) is 2.59. The summed E-state index contributed by atoms with van der Waals surface area (Å²) in [5.41, 5.74) is 1.40. The number of aromatic nitrogens is 1. The topological polar surface area (TPSA) is 39.2 Å². The van der Waals surface area contributed by atoms with Crippen LogP contribution >= 0.6 is 15.9 Å². The van der Waals surface area contributed by atoms with Gasteiger partial charge in [-0.05, 0) is 27.6 Å². The molecule has 0 amide bonds. The van der Waals surface area contributed by atoms with Gasteiger partial charge in [-0.3, -0.25) is 4.98 Å². The van der Waals surface area contributed by atoms with Gasteiger partial charge in [0, 0.05) is 16.9 Å². The van der Waals surface area contributed by atoms with Gasteiger partial charge in [-0.25, -0.2) is 4.79 Å². The van der Waals surface area contributed by atoms with E-state index in [0.29, 0.717) is 5.56 Å². The number of esters is 1. The quantitative estimate of drug-likeness (QED) is 0.815. The zero-order chi connectivity index (χ0) is 12.1. The average molecular weight is 292 g/mol. The van der Waals surface area contributed by atoms with Gasteiger partial charge in [0.25, 0.3) is 0 Å². The molecule has 17 heavy (non-hydrogen) atoms. The molecule has 0 N–H and O–H groups in total. The van der Waals surface area contributed by atoms with Crippen molar-refractivity contribution in [3.05, 3.63) is 64.4 Å². The van der Waals surface area contributed by atoms with Crippen molar-refractivity contribution in [2.75, 3.05) is 0 Å². The van der Waals surface area contributed by atoms with Crippen LogP contribution in [-0.2, 0) is 11.3 Å². The predicted molar refractivity (Wildman–Crippen MR) is 67.5 cm³/mol. The predicted octanol–water partition coefficient (Wildman–Crippen LogP) is 3.20. The third-order valence-electron chi connectivity index (χ3n) is 2.15. The van der Waals surface area contributed by atoms with Gasteiger partial charge in [0.1, 0.15) is 6.61 Å². The van der Waals surface area contributed by atoms with Crippen molar-refractivity contribution < 1.29 is 9.53 Å². The SMILES string of the molecule is O=C(OCc1ccccc1)c1cncc(Br)c1. The molecular formula is C13H10BrNO2. The second-order valence-electron chi connectivity index (χ2n) is 3.45. The molecule has 1 aromatic carbocycles. The maximum Gasteiger partial charge on any atom is 0.340 e. The Hall–Kier alpha value is -1.68. The number of rotatable bonds is 3. The lowest BCUT2D eigenvalue weighted by molar-refractivity contribution is 0.0472. The maximum absolute atomic E-state index is 11.7. The van der Waals surface area contributed by atoms with Crippen molar-refractivity contribution in [3.8, 4) is 0 Å². The number of carbonyl (C=O) groups excluding carboxylic acids is 1. The molecule has 0 saturated carbocycles. The zero-order valence-corrected chi connectivity index (χ0v) is 10.6. The Labute approximate surface area is 108 Å². The van der Waals surface area contributed by atoms with E-state index < -0.39 is 0 Å². The van der Waals surface area contributed by atoms with Gasteiger partial charge < -0.3 is 4.74 Å². The van der Waals surface area contributed by atoms with Crippen LogP contribution in [-0.4, -0.2) is 11.0 Å². The highest BCUT2D eigenvalue weighted by atomic mass is 79.9. The Morgan fingerprint density at radius 2 is 2.00 bits per heavy atom. The molecule has 0 radical (unpaired) electrons. The third kappa shape index (κ3) is 3.39. The van der Waals surface area contributed by atoms with E-state index in [-0.39, 0.29) is 12.6 Å². The zero-order valence-electron chi connectivity index (χ0n) is 8.97. The minimum Gasteiger partial charge on any atom is -0.457 e. The first kappa shape index (κ1) is 11.8. The first-order valence-electron chi connectivity index (χ1n) is 5.07. The number of benzene rings is 1. The number of hydrogen-bond donors (Lipinski definition) is 0. The summed E-state index contributed by atoms with van der Waals surface area (Å²) >= 11 is 3.26. The first-order valence-corrected chi connectivity index (χ1v) is 5.86. The second-order valence-corrected chi connectivity index (χ2v) is 4.37. The van der Waals surface area contributed by atoms with Crippen molar-refractivity contribution >= 4 is 21.9 Å². The van der Waals surface area contributed by atoms with E-state index in [9.17, 15) is 4.79 Å². The van der Waals surface area contributed by atoms with Crippen LogP contribution in [0.4, 0.5) is 0 Å². The van der Waals surface area contributed by atoms with Crippen LogP contribution in [0.5, 0.6) is 0 Å². The monoisotopic (exact) mass is 291 g/mol. The number of pyridine rings is 1. The lowest BCUT2D eigenvalue weighted by Crippen LogP contribution is -2.05. The average Bonchev–Trinajstić information content (AvgIpc) is 2.37. The number of hydrogen-bond acceptors (Lipinski definition) is 3. The summed E-state index contributed by atoms with van der Waals surface area (Å²) in [5.74, 6) is -0.373. The minimum atomic E-state index is -0.373. The lowest BCUT2D eigenvalue weighted by Gasteiger charge is -2.04. The van der Waals surface area contributed by atoms with E-state index >= 15 is 0 Å². The van der Waals surface area contributed by atoms with Gasteiger partial charge in [-0.2, -0.15) is 0 Å². The Morgan fingerprint density at radius 3 is 2.71 bits per heavy atom. The fraction of sp³-hybridized carbons (Fsp3) is 0.0769. The van der Waals surface area contributed by atoms with Gasteiger partial charge in [0.05, 0.1) is 5.56 Å².